The number of halogens is 2. The largest absolute Gasteiger partial charge is 0.441 e. The number of rotatable bonds is 2. The molecule has 0 amide bonds. The van der Waals surface area contributed by atoms with E-state index in [9.17, 15) is 0 Å². The van der Waals surface area contributed by atoms with Crippen LogP contribution in [0.25, 0.3) is 11.1 Å². The van der Waals surface area contributed by atoms with E-state index in [0.717, 1.165) is 15.6 Å². The maximum absolute atomic E-state index is 5.59. The lowest BCUT2D eigenvalue weighted by atomic mass is 10.3. The number of hydrogen-bond donors (Lipinski definition) is 0. The van der Waals surface area contributed by atoms with E-state index >= 15 is 0 Å². The van der Waals surface area contributed by atoms with Gasteiger partial charge in [-0.05, 0) is 18.2 Å². The molecule has 0 fully saturated rings. The van der Waals surface area contributed by atoms with Gasteiger partial charge in [-0.25, -0.2) is 4.98 Å². The van der Waals surface area contributed by atoms with Gasteiger partial charge >= 0.3 is 0 Å². The molecule has 0 unspecified atom stereocenters. The molecular weight excluding hydrogens is 253 g/mol. The third kappa shape index (κ3) is 1.86. The summed E-state index contributed by atoms with van der Waals surface area (Å²) in [5, 5.41) is 0. The molecule has 1 heterocycles. The summed E-state index contributed by atoms with van der Waals surface area (Å²) in [5.41, 5.74) is 1.68. The minimum Gasteiger partial charge on any atom is -0.441 e. The predicted octanol–water partition coefficient (Wildman–Crippen LogP) is 3.37. The molecule has 2 rings (SSSR count). The highest BCUT2D eigenvalue weighted by atomic mass is 79.9. The standard InChI is InChI=1S/C9H7BrClNO/c10-6-1-2-7-8(5-6)13-9(12-7)3-4-11/h1-2,5H,3-4H2. The Morgan fingerprint density at radius 3 is 3.08 bits per heavy atom. The summed E-state index contributed by atoms with van der Waals surface area (Å²) in [7, 11) is 0. The number of fused-ring (bicyclic) bond motifs is 1. The molecule has 13 heavy (non-hydrogen) atoms. The average molecular weight is 261 g/mol. The first-order valence-electron chi connectivity index (χ1n) is 3.90. The normalized spacial score (nSPS) is 10.9. The first kappa shape index (κ1) is 9.03. The van der Waals surface area contributed by atoms with Crippen LogP contribution in [0, 0.1) is 0 Å². The van der Waals surface area contributed by atoms with Crippen LogP contribution in [-0.2, 0) is 6.42 Å². The second-order valence-electron chi connectivity index (χ2n) is 2.66. The first-order chi connectivity index (χ1) is 6.29. The molecule has 4 heteroatoms. The summed E-state index contributed by atoms with van der Waals surface area (Å²) >= 11 is 8.95. The van der Waals surface area contributed by atoms with Gasteiger partial charge in [0, 0.05) is 16.8 Å². The van der Waals surface area contributed by atoms with Crippen LogP contribution >= 0.6 is 27.5 Å². The van der Waals surface area contributed by atoms with Crippen molar-refractivity contribution in [1.82, 2.24) is 4.98 Å². The van der Waals surface area contributed by atoms with Gasteiger partial charge in [0.05, 0.1) is 0 Å². The number of alkyl halides is 1. The van der Waals surface area contributed by atoms with Crippen LogP contribution in [0.5, 0.6) is 0 Å². The Morgan fingerprint density at radius 1 is 1.46 bits per heavy atom. The number of oxazole rings is 1. The number of nitrogens with zero attached hydrogens (tertiary/aromatic N) is 1. The fraction of sp³-hybridized carbons (Fsp3) is 0.222. The maximum atomic E-state index is 5.59. The van der Waals surface area contributed by atoms with E-state index in [0.29, 0.717) is 18.2 Å². The Hall–Kier alpha value is -0.540. The lowest BCUT2D eigenvalue weighted by Crippen LogP contribution is -1.83. The Balaban J connectivity index is 2.49. The summed E-state index contributed by atoms with van der Waals surface area (Å²) in [5.74, 6) is 1.23. The van der Waals surface area contributed by atoms with E-state index in [2.05, 4.69) is 20.9 Å². The molecule has 1 aromatic carbocycles. The molecule has 68 valence electrons. The predicted molar refractivity (Wildman–Crippen MR) is 56.1 cm³/mol. The van der Waals surface area contributed by atoms with Crippen LogP contribution in [0.15, 0.2) is 27.1 Å². The van der Waals surface area contributed by atoms with Crippen molar-refractivity contribution in [1.29, 1.82) is 0 Å². The molecule has 0 atom stereocenters. The second-order valence-corrected chi connectivity index (χ2v) is 3.95. The molecule has 1 aromatic heterocycles. The van der Waals surface area contributed by atoms with Crippen LogP contribution in [-0.4, -0.2) is 10.9 Å². The van der Waals surface area contributed by atoms with Gasteiger partial charge in [-0.3, -0.25) is 0 Å². The van der Waals surface area contributed by atoms with E-state index in [1.165, 1.54) is 0 Å². The van der Waals surface area contributed by atoms with Gasteiger partial charge in [0.1, 0.15) is 5.52 Å². The Morgan fingerprint density at radius 2 is 2.31 bits per heavy atom. The van der Waals surface area contributed by atoms with Crippen molar-refractivity contribution in [3.63, 3.8) is 0 Å². The zero-order valence-corrected chi connectivity index (χ0v) is 9.10. The second kappa shape index (κ2) is 3.68. The number of aryl methyl sites for hydroxylation is 1. The van der Waals surface area contributed by atoms with Gasteiger partial charge in [0.2, 0.25) is 0 Å². The SMILES string of the molecule is ClCCc1nc2ccc(Br)cc2o1. The topological polar surface area (TPSA) is 26.0 Å². The highest BCUT2D eigenvalue weighted by molar-refractivity contribution is 9.10. The number of hydrogen-bond acceptors (Lipinski definition) is 2. The Labute approximate surface area is 89.0 Å². The average Bonchev–Trinajstić information content (AvgIpc) is 2.46. The van der Waals surface area contributed by atoms with Crippen molar-refractivity contribution in [3.8, 4) is 0 Å². The summed E-state index contributed by atoms with van der Waals surface area (Å²) < 4.78 is 6.46. The van der Waals surface area contributed by atoms with Gasteiger partial charge in [-0.15, -0.1) is 11.6 Å². The third-order valence-electron chi connectivity index (χ3n) is 1.70. The van der Waals surface area contributed by atoms with E-state index in [1.807, 2.05) is 18.2 Å². The van der Waals surface area contributed by atoms with Crippen molar-refractivity contribution >= 4 is 38.6 Å². The molecule has 0 radical (unpaired) electrons. The van der Waals surface area contributed by atoms with Crippen molar-refractivity contribution < 1.29 is 4.42 Å². The molecule has 0 aliphatic heterocycles. The highest BCUT2D eigenvalue weighted by Gasteiger charge is 2.04. The summed E-state index contributed by atoms with van der Waals surface area (Å²) in [6.07, 6.45) is 0.674. The van der Waals surface area contributed by atoms with Crippen LogP contribution in [0.4, 0.5) is 0 Å². The van der Waals surface area contributed by atoms with Crippen molar-refractivity contribution in [3.05, 3.63) is 28.6 Å². The molecule has 0 saturated carbocycles. The zero-order chi connectivity index (χ0) is 9.26. The van der Waals surface area contributed by atoms with E-state index < -0.39 is 0 Å². The maximum Gasteiger partial charge on any atom is 0.196 e. The van der Waals surface area contributed by atoms with Gasteiger partial charge in [0.25, 0.3) is 0 Å². The van der Waals surface area contributed by atoms with Crippen LogP contribution < -0.4 is 0 Å². The minimum absolute atomic E-state index is 0.536. The molecule has 0 saturated heterocycles. The number of benzene rings is 1. The highest BCUT2D eigenvalue weighted by Crippen LogP contribution is 2.20. The smallest absolute Gasteiger partial charge is 0.196 e. The quantitative estimate of drug-likeness (QED) is 0.774. The van der Waals surface area contributed by atoms with Gasteiger partial charge in [0.15, 0.2) is 11.5 Å². The lowest BCUT2D eigenvalue weighted by Gasteiger charge is -1.86. The molecule has 0 spiro atoms. The fourth-order valence-corrected chi connectivity index (χ4v) is 1.64. The minimum atomic E-state index is 0.536. The Bertz CT molecular complexity index is 426. The number of aromatic nitrogens is 1. The van der Waals surface area contributed by atoms with Crippen LogP contribution in [0.2, 0.25) is 0 Å². The molecule has 0 N–H and O–H groups in total. The molecule has 0 aliphatic rings. The van der Waals surface area contributed by atoms with Crippen molar-refractivity contribution in [2.45, 2.75) is 6.42 Å². The Kier molecular flexibility index (Phi) is 2.56. The third-order valence-corrected chi connectivity index (χ3v) is 2.39. The van der Waals surface area contributed by atoms with Crippen LogP contribution in [0.1, 0.15) is 5.89 Å². The van der Waals surface area contributed by atoms with Gasteiger partial charge in [-0.1, -0.05) is 15.9 Å². The van der Waals surface area contributed by atoms with E-state index in [4.69, 9.17) is 16.0 Å². The summed E-state index contributed by atoms with van der Waals surface area (Å²) in [4.78, 5) is 4.27. The lowest BCUT2D eigenvalue weighted by molar-refractivity contribution is 0.539. The van der Waals surface area contributed by atoms with Crippen LogP contribution in [0.3, 0.4) is 0 Å². The van der Waals surface area contributed by atoms with Gasteiger partial charge in [-0.2, -0.15) is 0 Å². The molecular formula is C9H7BrClNO. The first-order valence-corrected chi connectivity index (χ1v) is 5.23. The zero-order valence-electron chi connectivity index (χ0n) is 6.76. The fourth-order valence-electron chi connectivity index (χ4n) is 1.13. The summed E-state index contributed by atoms with van der Waals surface area (Å²) in [6.45, 7) is 0. The molecule has 2 nitrogen and oxygen atoms in total. The molecule has 2 aromatic rings. The van der Waals surface area contributed by atoms with Crippen molar-refractivity contribution in [2.75, 3.05) is 5.88 Å². The van der Waals surface area contributed by atoms with Crippen molar-refractivity contribution in [2.24, 2.45) is 0 Å². The molecule has 0 aliphatic carbocycles. The van der Waals surface area contributed by atoms with E-state index in [1.54, 1.807) is 0 Å². The summed E-state index contributed by atoms with van der Waals surface area (Å²) in [6, 6.07) is 5.76. The monoisotopic (exact) mass is 259 g/mol. The van der Waals surface area contributed by atoms with E-state index in [-0.39, 0.29) is 0 Å². The molecule has 0 bridgehead atoms. The van der Waals surface area contributed by atoms with Gasteiger partial charge < -0.3 is 4.42 Å².